The summed E-state index contributed by atoms with van der Waals surface area (Å²) in [5.74, 6) is 0.408. The van der Waals surface area contributed by atoms with Gasteiger partial charge in [0.05, 0.1) is 23.0 Å². The van der Waals surface area contributed by atoms with Gasteiger partial charge in [-0.2, -0.15) is 10.1 Å². The number of aryl methyl sites for hydroxylation is 2. The van der Waals surface area contributed by atoms with Gasteiger partial charge in [-0.1, -0.05) is 17.3 Å². The number of amides is 2. The van der Waals surface area contributed by atoms with Crippen molar-refractivity contribution in [3.05, 3.63) is 57.4 Å². The summed E-state index contributed by atoms with van der Waals surface area (Å²) in [5.41, 5.74) is 2.84. The first-order valence-corrected chi connectivity index (χ1v) is 10.9. The van der Waals surface area contributed by atoms with Crippen molar-refractivity contribution in [2.75, 3.05) is 20.2 Å². The van der Waals surface area contributed by atoms with Gasteiger partial charge in [0.1, 0.15) is 12.3 Å². The van der Waals surface area contributed by atoms with Crippen molar-refractivity contribution in [2.45, 2.75) is 33.2 Å². The molecular formula is C21H25BrN6O4. The van der Waals surface area contributed by atoms with Gasteiger partial charge in [0, 0.05) is 19.5 Å². The van der Waals surface area contributed by atoms with E-state index < -0.39 is 5.91 Å². The van der Waals surface area contributed by atoms with Crippen LogP contribution < -0.4 is 15.4 Å². The molecule has 0 fully saturated rings. The molecule has 170 valence electrons. The molecule has 2 N–H and O–H groups in total. The summed E-state index contributed by atoms with van der Waals surface area (Å²) >= 11 is 3.47. The number of carbonyl (C=O) groups is 2. The van der Waals surface area contributed by atoms with E-state index in [1.54, 1.807) is 11.8 Å². The molecule has 0 bridgehead atoms. The molecule has 11 heteroatoms. The lowest BCUT2D eigenvalue weighted by molar-refractivity contribution is -0.121. The van der Waals surface area contributed by atoms with Crippen LogP contribution in [0.2, 0.25) is 0 Å². The third kappa shape index (κ3) is 6.16. The van der Waals surface area contributed by atoms with E-state index in [-0.39, 0.29) is 18.3 Å². The average molecular weight is 505 g/mol. The van der Waals surface area contributed by atoms with E-state index >= 15 is 0 Å². The Labute approximate surface area is 193 Å². The van der Waals surface area contributed by atoms with Crippen molar-refractivity contribution in [3.63, 3.8) is 0 Å². The number of rotatable bonds is 10. The average Bonchev–Trinajstić information content (AvgIpc) is 3.36. The summed E-state index contributed by atoms with van der Waals surface area (Å²) in [7, 11) is 1.61. The molecule has 3 aromatic rings. The molecule has 0 saturated heterocycles. The van der Waals surface area contributed by atoms with Crippen molar-refractivity contribution in [3.8, 4) is 5.75 Å². The summed E-state index contributed by atoms with van der Waals surface area (Å²) in [6, 6.07) is 7.58. The zero-order valence-corrected chi connectivity index (χ0v) is 19.7. The minimum Gasteiger partial charge on any atom is -0.497 e. The van der Waals surface area contributed by atoms with Gasteiger partial charge in [0.2, 0.25) is 5.91 Å². The van der Waals surface area contributed by atoms with Crippen molar-refractivity contribution in [1.82, 2.24) is 30.6 Å². The molecule has 0 spiro atoms. The second-order valence-corrected chi connectivity index (χ2v) is 7.91. The van der Waals surface area contributed by atoms with Crippen LogP contribution in [0.5, 0.6) is 5.75 Å². The number of carbonyl (C=O) groups excluding carboxylic acids is 2. The number of hydrogen-bond acceptors (Lipinski definition) is 7. The number of aromatic nitrogens is 4. The molecule has 0 atom stereocenters. The zero-order valence-electron chi connectivity index (χ0n) is 18.1. The Hall–Kier alpha value is -3.21. The van der Waals surface area contributed by atoms with Gasteiger partial charge in [-0.25, -0.2) is 0 Å². The summed E-state index contributed by atoms with van der Waals surface area (Å²) < 4.78 is 12.8. The SMILES string of the molecule is COc1ccc(CCC(=O)NCCNC(=O)c2nc(Cn3nc(C)c(Br)c3C)no2)cc1. The highest BCUT2D eigenvalue weighted by Gasteiger charge is 2.17. The van der Waals surface area contributed by atoms with E-state index in [4.69, 9.17) is 9.26 Å². The molecule has 0 aliphatic carbocycles. The summed E-state index contributed by atoms with van der Waals surface area (Å²) in [6.45, 7) is 4.64. The topological polar surface area (TPSA) is 124 Å². The van der Waals surface area contributed by atoms with Crippen LogP contribution in [0, 0.1) is 13.8 Å². The lowest BCUT2D eigenvalue weighted by Crippen LogP contribution is -2.34. The number of benzene rings is 1. The molecule has 0 unspecified atom stereocenters. The van der Waals surface area contributed by atoms with E-state index in [2.05, 4.69) is 41.8 Å². The molecule has 0 aliphatic heterocycles. The molecule has 3 rings (SSSR count). The van der Waals surface area contributed by atoms with Crippen LogP contribution in [-0.2, 0) is 17.8 Å². The van der Waals surface area contributed by atoms with Gasteiger partial charge in [0.15, 0.2) is 5.82 Å². The highest BCUT2D eigenvalue weighted by Crippen LogP contribution is 2.20. The standard InChI is InChI=1S/C21H25BrN6O4/c1-13-19(22)14(2)28(26-13)12-17-25-21(32-27-17)20(30)24-11-10-23-18(29)9-6-15-4-7-16(31-3)8-5-15/h4-5,7-8H,6,9-12H2,1-3H3,(H,23,29)(H,24,30). The number of nitrogens with one attached hydrogen (secondary N) is 2. The normalized spacial score (nSPS) is 10.8. The van der Waals surface area contributed by atoms with Crippen LogP contribution >= 0.6 is 15.9 Å². The maximum absolute atomic E-state index is 12.2. The van der Waals surface area contributed by atoms with Gasteiger partial charge in [-0.3, -0.25) is 14.3 Å². The van der Waals surface area contributed by atoms with Gasteiger partial charge in [-0.15, -0.1) is 0 Å². The van der Waals surface area contributed by atoms with Crippen molar-refractivity contribution < 1.29 is 18.8 Å². The Morgan fingerprint density at radius 1 is 1.16 bits per heavy atom. The maximum Gasteiger partial charge on any atom is 0.316 e. The highest BCUT2D eigenvalue weighted by molar-refractivity contribution is 9.10. The molecule has 2 aromatic heterocycles. The van der Waals surface area contributed by atoms with E-state index in [0.717, 1.165) is 27.2 Å². The van der Waals surface area contributed by atoms with Crippen LogP contribution in [0.3, 0.4) is 0 Å². The van der Waals surface area contributed by atoms with Crippen LogP contribution in [0.15, 0.2) is 33.3 Å². The van der Waals surface area contributed by atoms with E-state index in [1.807, 2.05) is 38.1 Å². The zero-order chi connectivity index (χ0) is 23.1. The first kappa shape index (κ1) is 23.5. The molecule has 2 heterocycles. The van der Waals surface area contributed by atoms with Crippen LogP contribution in [0.1, 0.15) is 39.9 Å². The minimum atomic E-state index is -0.495. The third-order valence-electron chi connectivity index (χ3n) is 4.78. The number of ether oxygens (including phenoxy) is 1. The molecule has 32 heavy (non-hydrogen) atoms. The van der Waals surface area contributed by atoms with Gasteiger partial charge < -0.3 is 19.9 Å². The van der Waals surface area contributed by atoms with Crippen molar-refractivity contribution in [1.29, 1.82) is 0 Å². The Balaban J connectivity index is 1.37. The largest absolute Gasteiger partial charge is 0.497 e. The monoisotopic (exact) mass is 504 g/mol. The van der Waals surface area contributed by atoms with Crippen LogP contribution in [0.25, 0.3) is 0 Å². The predicted octanol–water partition coefficient (Wildman–Crippen LogP) is 2.18. The number of methoxy groups -OCH3 is 1. The van der Waals surface area contributed by atoms with Crippen molar-refractivity contribution in [2.24, 2.45) is 0 Å². The Kier molecular flexibility index (Phi) is 7.98. The van der Waals surface area contributed by atoms with Gasteiger partial charge in [0.25, 0.3) is 0 Å². The minimum absolute atomic E-state index is 0.0915. The number of nitrogens with zero attached hydrogens (tertiary/aromatic N) is 4. The highest BCUT2D eigenvalue weighted by atomic mass is 79.9. The molecule has 2 amide bonds. The molecule has 0 radical (unpaired) electrons. The fourth-order valence-corrected chi connectivity index (χ4v) is 3.25. The second-order valence-electron chi connectivity index (χ2n) is 7.11. The summed E-state index contributed by atoms with van der Waals surface area (Å²) in [4.78, 5) is 28.3. The fraction of sp³-hybridized carbons (Fsp3) is 0.381. The van der Waals surface area contributed by atoms with E-state index in [1.165, 1.54) is 0 Å². The van der Waals surface area contributed by atoms with Crippen LogP contribution in [0.4, 0.5) is 0 Å². The molecule has 1 aromatic carbocycles. The fourth-order valence-electron chi connectivity index (χ4n) is 2.97. The van der Waals surface area contributed by atoms with Gasteiger partial charge in [-0.05, 0) is 53.9 Å². The molecule has 0 aliphatic rings. The van der Waals surface area contributed by atoms with E-state index in [9.17, 15) is 9.59 Å². The first-order chi connectivity index (χ1) is 15.4. The molecule has 0 saturated carbocycles. The summed E-state index contributed by atoms with van der Waals surface area (Å²) in [6.07, 6.45) is 0.981. The molecular weight excluding hydrogens is 480 g/mol. The third-order valence-corrected chi connectivity index (χ3v) is 5.93. The predicted molar refractivity (Wildman–Crippen MR) is 119 cm³/mol. The Morgan fingerprint density at radius 2 is 1.88 bits per heavy atom. The van der Waals surface area contributed by atoms with E-state index in [0.29, 0.717) is 31.8 Å². The first-order valence-electron chi connectivity index (χ1n) is 10.1. The maximum atomic E-state index is 12.2. The molecule has 10 nitrogen and oxygen atoms in total. The lowest BCUT2D eigenvalue weighted by atomic mass is 10.1. The quantitative estimate of drug-likeness (QED) is 0.405. The number of halogens is 1. The number of hydrogen-bond donors (Lipinski definition) is 2. The Bertz CT molecular complexity index is 1080. The summed E-state index contributed by atoms with van der Waals surface area (Å²) in [5, 5.41) is 13.6. The van der Waals surface area contributed by atoms with Gasteiger partial charge >= 0.3 is 11.8 Å². The smallest absolute Gasteiger partial charge is 0.316 e. The second kappa shape index (κ2) is 10.9. The Morgan fingerprint density at radius 3 is 2.53 bits per heavy atom. The van der Waals surface area contributed by atoms with Crippen molar-refractivity contribution >= 4 is 27.7 Å². The lowest BCUT2D eigenvalue weighted by Gasteiger charge is -2.06. The van der Waals surface area contributed by atoms with Crippen LogP contribution in [-0.4, -0.2) is 51.9 Å².